The van der Waals surface area contributed by atoms with E-state index in [0.717, 1.165) is 6.07 Å². The van der Waals surface area contributed by atoms with Gasteiger partial charge in [-0.3, -0.25) is 0 Å². The van der Waals surface area contributed by atoms with E-state index >= 15 is 0 Å². The van der Waals surface area contributed by atoms with Crippen LogP contribution in [0.1, 0.15) is 0 Å². The summed E-state index contributed by atoms with van der Waals surface area (Å²) in [7, 11) is 1.71. The summed E-state index contributed by atoms with van der Waals surface area (Å²) in [4.78, 5) is 24.8. The van der Waals surface area contributed by atoms with Crippen LogP contribution in [0, 0.1) is 5.82 Å². The first kappa shape index (κ1) is 22.0. The van der Waals surface area contributed by atoms with Gasteiger partial charge in [-0.1, -0.05) is 11.6 Å². The Hall–Kier alpha value is -4.24. The van der Waals surface area contributed by atoms with Crippen molar-refractivity contribution >= 4 is 35.0 Å². The minimum absolute atomic E-state index is 0.0542. The Morgan fingerprint density at radius 3 is 2.48 bits per heavy atom. The number of rotatable bonds is 6. The topological polar surface area (TPSA) is 101 Å². The van der Waals surface area contributed by atoms with Crippen molar-refractivity contribution in [2.75, 3.05) is 23.0 Å². The fourth-order valence-electron chi connectivity index (χ4n) is 2.89. The van der Waals surface area contributed by atoms with E-state index in [2.05, 4.69) is 30.9 Å². The van der Waals surface area contributed by atoms with Crippen molar-refractivity contribution < 1.29 is 13.9 Å². The summed E-state index contributed by atoms with van der Waals surface area (Å²) in [6, 6.07) is 15.4. The number of hydrogen-bond acceptors (Lipinski definition) is 6. The molecule has 2 amide bonds. The number of carbonyl (C=O) groups is 1. The first-order valence-corrected chi connectivity index (χ1v) is 10.2. The van der Waals surface area contributed by atoms with Crippen molar-refractivity contribution in [2.24, 2.45) is 0 Å². The van der Waals surface area contributed by atoms with Gasteiger partial charge in [0.1, 0.15) is 0 Å². The second-order valence-electron chi connectivity index (χ2n) is 6.70. The molecule has 0 unspecified atom stereocenters. The number of aromatic nitrogens is 3. The number of urea groups is 1. The van der Waals surface area contributed by atoms with E-state index in [9.17, 15) is 9.18 Å². The van der Waals surface area contributed by atoms with Crippen molar-refractivity contribution in [3.05, 3.63) is 83.9 Å². The average Bonchev–Trinajstić information content (AvgIpc) is 2.82. The number of amides is 2. The van der Waals surface area contributed by atoms with E-state index in [4.69, 9.17) is 16.3 Å². The third kappa shape index (κ3) is 5.52. The molecule has 0 aliphatic carbocycles. The number of pyridine rings is 1. The fraction of sp³-hybridized carbons (Fsp3) is 0.0435. The predicted octanol–water partition coefficient (Wildman–Crippen LogP) is 5.81. The van der Waals surface area contributed by atoms with E-state index in [1.54, 1.807) is 55.7 Å². The van der Waals surface area contributed by atoms with E-state index in [-0.39, 0.29) is 17.3 Å². The first-order chi connectivity index (χ1) is 16.0. The van der Waals surface area contributed by atoms with Crippen LogP contribution in [0.4, 0.5) is 26.5 Å². The maximum Gasteiger partial charge on any atom is 0.323 e. The van der Waals surface area contributed by atoms with E-state index in [1.165, 1.54) is 18.3 Å². The number of nitrogens with one attached hydrogen (secondary N) is 3. The molecule has 0 aliphatic heterocycles. The summed E-state index contributed by atoms with van der Waals surface area (Å²) < 4.78 is 20.5. The third-order valence-electron chi connectivity index (χ3n) is 4.42. The lowest BCUT2D eigenvalue weighted by molar-refractivity contribution is 0.262. The maximum atomic E-state index is 14.7. The summed E-state index contributed by atoms with van der Waals surface area (Å²) in [6.45, 7) is 0. The van der Waals surface area contributed by atoms with Crippen molar-refractivity contribution in [1.29, 1.82) is 0 Å². The lowest BCUT2D eigenvalue weighted by Gasteiger charge is -2.12. The second kappa shape index (κ2) is 9.92. The van der Waals surface area contributed by atoms with Gasteiger partial charge in [0.15, 0.2) is 11.6 Å². The van der Waals surface area contributed by atoms with Crippen molar-refractivity contribution in [2.45, 2.75) is 0 Å². The quantitative estimate of drug-likeness (QED) is 0.333. The van der Waals surface area contributed by atoms with Gasteiger partial charge in [-0.15, -0.1) is 0 Å². The summed E-state index contributed by atoms with van der Waals surface area (Å²) in [5, 5.41) is 8.62. The molecule has 10 heteroatoms. The van der Waals surface area contributed by atoms with Gasteiger partial charge in [-0.2, -0.15) is 0 Å². The Labute approximate surface area is 193 Å². The lowest BCUT2D eigenvalue weighted by Crippen LogP contribution is -2.19. The van der Waals surface area contributed by atoms with Crippen molar-refractivity contribution in [3.8, 4) is 22.9 Å². The van der Waals surface area contributed by atoms with Gasteiger partial charge in [0, 0.05) is 41.9 Å². The Morgan fingerprint density at radius 1 is 0.970 bits per heavy atom. The van der Waals surface area contributed by atoms with Crippen LogP contribution in [0.25, 0.3) is 11.3 Å². The SMILES string of the molecule is CNc1nccc(-c2cccnc2Oc2ccc(NC(=O)Nc3ccc(Cl)cc3)cc2F)n1. The molecular formula is C23H18ClFN6O2. The van der Waals surface area contributed by atoms with Gasteiger partial charge in [-0.05, 0) is 54.6 Å². The van der Waals surface area contributed by atoms with Crippen LogP contribution in [0.15, 0.2) is 73.1 Å². The molecular weight excluding hydrogens is 447 g/mol. The number of benzene rings is 2. The van der Waals surface area contributed by atoms with E-state index in [1.807, 2.05) is 0 Å². The highest BCUT2D eigenvalue weighted by Gasteiger charge is 2.14. The minimum Gasteiger partial charge on any atom is -0.435 e. The number of hydrogen-bond donors (Lipinski definition) is 3. The van der Waals surface area contributed by atoms with E-state index in [0.29, 0.717) is 27.9 Å². The molecule has 166 valence electrons. The molecule has 3 N–H and O–H groups in total. The molecule has 4 rings (SSSR count). The third-order valence-corrected chi connectivity index (χ3v) is 4.68. The summed E-state index contributed by atoms with van der Waals surface area (Å²) in [5.74, 6) is -0.116. The molecule has 0 atom stereocenters. The second-order valence-corrected chi connectivity index (χ2v) is 7.14. The fourth-order valence-corrected chi connectivity index (χ4v) is 3.01. The van der Waals surface area contributed by atoms with E-state index < -0.39 is 11.8 Å². The highest BCUT2D eigenvalue weighted by molar-refractivity contribution is 6.30. The summed E-state index contributed by atoms with van der Waals surface area (Å²) >= 11 is 5.83. The number of anilines is 3. The molecule has 33 heavy (non-hydrogen) atoms. The molecule has 0 saturated carbocycles. The van der Waals surface area contributed by atoms with Gasteiger partial charge in [-0.25, -0.2) is 24.1 Å². The zero-order valence-electron chi connectivity index (χ0n) is 17.3. The van der Waals surface area contributed by atoms with Gasteiger partial charge in [0.25, 0.3) is 0 Å². The van der Waals surface area contributed by atoms with Crippen LogP contribution in [0.3, 0.4) is 0 Å². The maximum absolute atomic E-state index is 14.7. The Balaban J connectivity index is 1.49. The number of carbonyl (C=O) groups excluding carboxylic acids is 1. The Morgan fingerprint density at radius 2 is 1.73 bits per heavy atom. The summed E-state index contributed by atoms with van der Waals surface area (Å²) in [6.07, 6.45) is 3.13. The summed E-state index contributed by atoms with van der Waals surface area (Å²) in [5.41, 5.74) is 1.93. The largest absolute Gasteiger partial charge is 0.435 e. The Bertz CT molecular complexity index is 1290. The molecule has 0 aliphatic rings. The minimum atomic E-state index is -0.672. The number of halogens is 2. The molecule has 8 nitrogen and oxygen atoms in total. The van der Waals surface area contributed by atoms with Crippen molar-refractivity contribution in [1.82, 2.24) is 15.0 Å². The van der Waals surface area contributed by atoms with Gasteiger partial charge < -0.3 is 20.7 Å². The number of nitrogens with zero attached hydrogens (tertiary/aromatic N) is 3. The zero-order chi connectivity index (χ0) is 23.2. The lowest BCUT2D eigenvalue weighted by atomic mass is 10.2. The molecule has 2 aromatic carbocycles. The molecule has 0 fully saturated rings. The van der Waals surface area contributed by atoms with Crippen LogP contribution in [-0.2, 0) is 0 Å². The predicted molar refractivity (Wildman–Crippen MR) is 125 cm³/mol. The molecule has 0 saturated heterocycles. The normalized spacial score (nSPS) is 10.4. The van der Waals surface area contributed by atoms with Crippen LogP contribution in [0.2, 0.25) is 5.02 Å². The molecule has 0 spiro atoms. The molecule has 4 aromatic rings. The Kier molecular flexibility index (Phi) is 6.61. The monoisotopic (exact) mass is 464 g/mol. The average molecular weight is 465 g/mol. The first-order valence-electron chi connectivity index (χ1n) is 9.79. The van der Waals surface area contributed by atoms with Crippen LogP contribution in [0.5, 0.6) is 11.6 Å². The molecule has 0 bridgehead atoms. The van der Waals surface area contributed by atoms with Crippen LogP contribution >= 0.6 is 11.6 Å². The van der Waals surface area contributed by atoms with Gasteiger partial charge in [0.2, 0.25) is 11.8 Å². The van der Waals surface area contributed by atoms with Gasteiger partial charge >= 0.3 is 6.03 Å². The molecule has 0 radical (unpaired) electrons. The van der Waals surface area contributed by atoms with Crippen LogP contribution in [-0.4, -0.2) is 28.0 Å². The highest BCUT2D eigenvalue weighted by Crippen LogP contribution is 2.32. The zero-order valence-corrected chi connectivity index (χ0v) is 18.1. The van der Waals surface area contributed by atoms with Crippen LogP contribution < -0.4 is 20.7 Å². The van der Waals surface area contributed by atoms with Crippen molar-refractivity contribution in [3.63, 3.8) is 0 Å². The smallest absolute Gasteiger partial charge is 0.323 e. The molecule has 2 heterocycles. The standard InChI is InChI=1S/C23H18ClFN6O2/c1-26-22-28-12-10-19(31-22)17-3-2-11-27-21(17)33-20-9-8-16(13-18(20)25)30-23(32)29-15-6-4-14(24)5-7-15/h2-13H,1H3,(H,26,28,31)(H2,29,30,32). The van der Waals surface area contributed by atoms with Gasteiger partial charge in [0.05, 0.1) is 11.3 Å². The number of ether oxygens (including phenoxy) is 1. The molecule has 2 aromatic heterocycles. The highest BCUT2D eigenvalue weighted by atomic mass is 35.5.